The summed E-state index contributed by atoms with van der Waals surface area (Å²) in [5.41, 5.74) is 0.998. The number of fused-ring (bicyclic) bond motifs is 1. The minimum atomic E-state index is -0.493. The van der Waals surface area contributed by atoms with Crippen LogP contribution in [0.3, 0.4) is 0 Å². The van der Waals surface area contributed by atoms with Crippen LogP contribution in [-0.2, 0) is 33.2 Å². The van der Waals surface area contributed by atoms with Crippen molar-refractivity contribution < 1.29 is 33.2 Å². The molecule has 8 heteroatoms. The van der Waals surface area contributed by atoms with Gasteiger partial charge in [0.25, 0.3) is 0 Å². The first-order valence-electron chi connectivity index (χ1n) is 10.1. The molecule has 0 aliphatic carbocycles. The summed E-state index contributed by atoms with van der Waals surface area (Å²) in [6.07, 6.45) is -1.46. The molecule has 0 aromatic heterocycles. The fourth-order valence-electron chi connectivity index (χ4n) is 3.66. The van der Waals surface area contributed by atoms with Crippen molar-refractivity contribution in [3.8, 4) is 0 Å². The van der Waals surface area contributed by atoms with Crippen molar-refractivity contribution in [2.24, 2.45) is 5.92 Å². The van der Waals surface area contributed by atoms with Gasteiger partial charge in [0.1, 0.15) is 12.2 Å². The van der Waals surface area contributed by atoms with E-state index >= 15 is 0 Å². The molecule has 1 aromatic rings. The first-order valence-corrected chi connectivity index (χ1v) is 10.6. The summed E-state index contributed by atoms with van der Waals surface area (Å²) < 4.78 is 40.6. The molecular weight excluding hydrogens is 400 g/mol. The predicted octanol–water partition coefficient (Wildman–Crippen LogP) is 2.77. The van der Waals surface area contributed by atoms with E-state index in [9.17, 15) is 0 Å². The molecule has 2 saturated heterocycles. The lowest BCUT2D eigenvalue weighted by atomic mass is 9.89. The number of methoxy groups -OCH3 is 1. The Morgan fingerprint density at radius 3 is 2.45 bits per heavy atom. The zero-order chi connectivity index (χ0) is 20.5. The van der Waals surface area contributed by atoms with Gasteiger partial charge in [-0.1, -0.05) is 37.3 Å². The fraction of sp³-hybridized carbons (Fsp3) is 0.714. The molecule has 2 aliphatic heterocycles. The van der Waals surface area contributed by atoms with Crippen molar-refractivity contribution in [1.82, 2.24) is 0 Å². The molecule has 0 amide bonds. The molecule has 2 fully saturated rings. The van der Waals surface area contributed by atoms with Gasteiger partial charge in [0.2, 0.25) is 0 Å². The number of alkyl halides is 1. The number of hydrogen-bond donors (Lipinski definition) is 0. The molecule has 3 rings (SSSR count). The van der Waals surface area contributed by atoms with E-state index in [0.29, 0.717) is 45.5 Å². The van der Waals surface area contributed by atoms with Crippen LogP contribution in [0, 0.1) is 5.92 Å². The Bertz CT molecular complexity index is 575. The second kappa shape index (κ2) is 12.2. The second-order valence-corrected chi connectivity index (χ2v) is 7.44. The maximum absolute atomic E-state index is 6.23. The maximum Gasteiger partial charge on any atom is 0.184 e. The Morgan fingerprint density at radius 2 is 1.72 bits per heavy atom. The highest BCUT2D eigenvalue weighted by Gasteiger charge is 2.48. The third-order valence-electron chi connectivity index (χ3n) is 5.12. The zero-order valence-corrected chi connectivity index (χ0v) is 17.8. The van der Waals surface area contributed by atoms with Gasteiger partial charge in [0.05, 0.1) is 45.7 Å². The van der Waals surface area contributed by atoms with Gasteiger partial charge in [0.15, 0.2) is 12.6 Å². The summed E-state index contributed by atoms with van der Waals surface area (Å²) in [6.45, 7) is 4.95. The largest absolute Gasteiger partial charge is 0.378 e. The number of ether oxygens (including phenoxy) is 7. The average molecular weight is 431 g/mol. The monoisotopic (exact) mass is 430 g/mol. The van der Waals surface area contributed by atoms with Crippen molar-refractivity contribution in [3.05, 3.63) is 35.9 Å². The first kappa shape index (κ1) is 22.9. The van der Waals surface area contributed by atoms with Gasteiger partial charge >= 0.3 is 0 Å². The average Bonchev–Trinajstić information content (AvgIpc) is 2.76. The first-order chi connectivity index (χ1) is 14.2. The molecule has 0 bridgehead atoms. The molecule has 0 saturated carbocycles. The highest BCUT2D eigenvalue weighted by atomic mass is 35.5. The minimum Gasteiger partial charge on any atom is -0.378 e. The fourth-order valence-corrected chi connectivity index (χ4v) is 3.76. The van der Waals surface area contributed by atoms with Crippen LogP contribution in [-0.4, -0.2) is 77.2 Å². The van der Waals surface area contributed by atoms with Gasteiger partial charge in [-0.15, -0.1) is 11.6 Å². The standard InChI is InChI=1S/C21H31ClO7/c1-15-18-17(14-27-20(29-18)16-6-4-3-5-7-16)28-21(19(15)23-2)26-13-12-25-11-10-24-9-8-22/h3-7,15,17-21H,8-14H2,1-2H3/t15-,17+,18-,19-,20?,21-/m0/s1. The molecular formula is C21H31ClO7. The molecule has 1 unspecified atom stereocenters. The molecule has 1 aromatic carbocycles. The quantitative estimate of drug-likeness (QED) is 0.395. The van der Waals surface area contributed by atoms with E-state index in [-0.39, 0.29) is 24.2 Å². The zero-order valence-electron chi connectivity index (χ0n) is 17.0. The van der Waals surface area contributed by atoms with Crippen LogP contribution >= 0.6 is 11.6 Å². The highest BCUT2D eigenvalue weighted by Crippen LogP contribution is 2.37. The normalized spacial score (nSPS) is 32.1. The van der Waals surface area contributed by atoms with Crippen molar-refractivity contribution in [2.75, 3.05) is 52.6 Å². The lowest BCUT2D eigenvalue weighted by Gasteiger charge is -2.48. The van der Waals surface area contributed by atoms with E-state index in [2.05, 4.69) is 6.92 Å². The van der Waals surface area contributed by atoms with Crippen LogP contribution in [0.4, 0.5) is 0 Å². The van der Waals surface area contributed by atoms with E-state index in [1.807, 2.05) is 30.3 Å². The lowest BCUT2D eigenvalue weighted by Crippen LogP contribution is -2.59. The van der Waals surface area contributed by atoms with Crippen molar-refractivity contribution in [2.45, 2.75) is 37.8 Å². The van der Waals surface area contributed by atoms with Crippen LogP contribution in [0.15, 0.2) is 30.3 Å². The van der Waals surface area contributed by atoms with E-state index in [4.69, 9.17) is 44.8 Å². The lowest BCUT2D eigenvalue weighted by molar-refractivity contribution is -0.354. The third kappa shape index (κ3) is 6.35. The Morgan fingerprint density at radius 1 is 1.00 bits per heavy atom. The number of benzene rings is 1. The predicted molar refractivity (Wildman–Crippen MR) is 107 cm³/mol. The summed E-state index contributed by atoms with van der Waals surface area (Å²) in [7, 11) is 1.67. The van der Waals surface area contributed by atoms with Gasteiger partial charge in [0, 0.05) is 24.5 Å². The van der Waals surface area contributed by atoms with Crippen molar-refractivity contribution in [1.29, 1.82) is 0 Å². The Labute approximate surface area is 177 Å². The van der Waals surface area contributed by atoms with Gasteiger partial charge < -0.3 is 33.2 Å². The molecule has 2 aliphatic rings. The Kier molecular flexibility index (Phi) is 9.61. The van der Waals surface area contributed by atoms with Crippen LogP contribution in [0.1, 0.15) is 18.8 Å². The molecule has 6 atom stereocenters. The smallest absolute Gasteiger partial charge is 0.184 e. The van der Waals surface area contributed by atoms with Crippen LogP contribution in [0.5, 0.6) is 0 Å². The third-order valence-corrected chi connectivity index (χ3v) is 5.27. The minimum absolute atomic E-state index is 0.0868. The van der Waals surface area contributed by atoms with E-state index < -0.39 is 12.6 Å². The molecule has 7 nitrogen and oxygen atoms in total. The number of halogens is 1. The molecule has 0 radical (unpaired) electrons. The topological polar surface area (TPSA) is 64.6 Å². The van der Waals surface area contributed by atoms with Gasteiger partial charge in [-0.05, 0) is 0 Å². The SMILES string of the molecule is CO[C@@H]1[C@@H](OCCOCCOCCCl)O[C@@H]2COC(c3ccccc3)O[C@H]2[C@@H]1C. The Hall–Kier alpha value is -0.770. The van der Waals surface area contributed by atoms with Crippen molar-refractivity contribution in [3.63, 3.8) is 0 Å². The van der Waals surface area contributed by atoms with Crippen LogP contribution in [0.2, 0.25) is 0 Å². The van der Waals surface area contributed by atoms with E-state index in [0.717, 1.165) is 5.56 Å². The van der Waals surface area contributed by atoms with Gasteiger partial charge in [-0.25, -0.2) is 0 Å². The summed E-state index contributed by atoms with van der Waals surface area (Å²) >= 11 is 5.55. The Balaban J connectivity index is 1.46. The van der Waals surface area contributed by atoms with E-state index in [1.165, 1.54) is 0 Å². The summed E-state index contributed by atoms with van der Waals surface area (Å²) in [6, 6.07) is 9.92. The molecule has 164 valence electrons. The van der Waals surface area contributed by atoms with Gasteiger partial charge in [-0.3, -0.25) is 0 Å². The number of rotatable bonds is 11. The molecule has 0 N–H and O–H groups in total. The summed E-state index contributed by atoms with van der Waals surface area (Å²) in [4.78, 5) is 0. The molecule has 0 spiro atoms. The molecule has 29 heavy (non-hydrogen) atoms. The van der Waals surface area contributed by atoms with Gasteiger partial charge in [-0.2, -0.15) is 0 Å². The highest BCUT2D eigenvalue weighted by molar-refractivity contribution is 6.17. The maximum atomic E-state index is 6.23. The van der Waals surface area contributed by atoms with Crippen molar-refractivity contribution >= 4 is 11.6 Å². The van der Waals surface area contributed by atoms with Crippen LogP contribution < -0.4 is 0 Å². The second-order valence-electron chi connectivity index (χ2n) is 7.06. The summed E-state index contributed by atoms with van der Waals surface area (Å²) in [5, 5.41) is 0. The van der Waals surface area contributed by atoms with E-state index in [1.54, 1.807) is 7.11 Å². The summed E-state index contributed by atoms with van der Waals surface area (Å²) in [5.74, 6) is 0.573. The molecule has 2 heterocycles. The van der Waals surface area contributed by atoms with Crippen LogP contribution in [0.25, 0.3) is 0 Å². The number of hydrogen-bond acceptors (Lipinski definition) is 7.